The zero-order chi connectivity index (χ0) is 17.2. The number of aromatic hydroxyl groups is 1. The van der Waals surface area contributed by atoms with Crippen molar-refractivity contribution in [3.05, 3.63) is 72.0 Å². The molecule has 0 spiro atoms. The highest BCUT2D eigenvalue weighted by molar-refractivity contribution is 6.03. The van der Waals surface area contributed by atoms with Crippen molar-refractivity contribution < 1.29 is 14.6 Å². The molecule has 2 heterocycles. The summed E-state index contributed by atoms with van der Waals surface area (Å²) in [6, 6.07) is 16.8. The van der Waals surface area contributed by atoms with Crippen molar-refractivity contribution in [2.24, 2.45) is 4.99 Å². The molecule has 5 nitrogen and oxygen atoms in total. The summed E-state index contributed by atoms with van der Waals surface area (Å²) in [6.45, 7) is -0.0305. The first-order valence-electron chi connectivity index (χ1n) is 7.87. The molecule has 4 aromatic rings. The summed E-state index contributed by atoms with van der Waals surface area (Å²) in [5.74, 6) is 0.834. The van der Waals surface area contributed by atoms with Gasteiger partial charge in [0.2, 0.25) is 0 Å². The number of aliphatic hydroxyl groups is 1. The molecule has 0 atom stereocenters. The molecule has 0 amide bonds. The second-order valence-electron chi connectivity index (χ2n) is 5.71. The Morgan fingerprint density at radius 2 is 2.00 bits per heavy atom. The van der Waals surface area contributed by atoms with Gasteiger partial charge >= 0.3 is 0 Å². The van der Waals surface area contributed by atoms with Crippen molar-refractivity contribution in [3.8, 4) is 17.2 Å². The summed E-state index contributed by atoms with van der Waals surface area (Å²) in [7, 11) is 0. The molecule has 0 fully saturated rings. The van der Waals surface area contributed by atoms with Gasteiger partial charge < -0.3 is 19.6 Å². The predicted molar refractivity (Wildman–Crippen MR) is 97.3 cm³/mol. The molecule has 0 bridgehead atoms. The fourth-order valence-corrected chi connectivity index (χ4v) is 2.81. The van der Waals surface area contributed by atoms with E-state index in [0.29, 0.717) is 11.3 Å². The molecule has 0 aliphatic heterocycles. The van der Waals surface area contributed by atoms with Gasteiger partial charge in [0.15, 0.2) is 5.88 Å². The van der Waals surface area contributed by atoms with E-state index in [0.717, 1.165) is 27.8 Å². The maximum atomic E-state index is 10.2. The molecule has 5 heteroatoms. The predicted octanol–water partition coefficient (Wildman–Crippen LogP) is 4.38. The van der Waals surface area contributed by atoms with Crippen LogP contribution in [0.2, 0.25) is 0 Å². The summed E-state index contributed by atoms with van der Waals surface area (Å²) >= 11 is 0. The zero-order valence-electron chi connectivity index (χ0n) is 13.3. The maximum absolute atomic E-state index is 10.2. The van der Waals surface area contributed by atoms with E-state index in [9.17, 15) is 10.2 Å². The smallest absolute Gasteiger partial charge is 0.198 e. The summed E-state index contributed by atoms with van der Waals surface area (Å²) in [6.07, 6.45) is 3.25. The first-order valence-corrected chi connectivity index (χ1v) is 7.87. The minimum atomic E-state index is -0.0305. The largest absolute Gasteiger partial charge is 0.494 e. The number of benzene rings is 2. The number of aliphatic imine (C=N–C) groups is 1. The normalized spacial score (nSPS) is 11.6. The molecule has 25 heavy (non-hydrogen) atoms. The minimum absolute atomic E-state index is 0.0305. The molecule has 0 radical (unpaired) electrons. The van der Waals surface area contributed by atoms with E-state index in [1.54, 1.807) is 18.5 Å². The Morgan fingerprint density at radius 3 is 2.80 bits per heavy atom. The quantitative estimate of drug-likeness (QED) is 0.485. The van der Waals surface area contributed by atoms with Gasteiger partial charge in [-0.2, -0.15) is 0 Å². The number of aromatic amines is 1. The lowest BCUT2D eigenvalue weighted by Gasteiger charge is -1.99. The van der Waals surface area contributed by atoms with Crippen LogP contribution in [0.15, 0.2) is 70.3 Å². The second kappa shape index (κ2) is 6.30. The monoisotopic (exact) mass is 332 g/mol. The van der Waals surface area contributed by atoms with Crippen LogP contribution in [0.25, 0.3) is 22.2 Å². The minimum Gasteiger partial charge on any atom is -0.494 e. The summed E-state index contributed by atoms with van der Waals surface area (Å²) in [4.78, 5) is 7.38. The highest BCUT2D eigenvalue weighted by atomic mass is 16.3. The lowest BCUT2D eigenvalue weighted by Crippen LogP contribution is -1.82. The van der Waals surface area contributed by atoms with Crippen molar-refractivity contribution in [1.29, 1.82) is 0 Å². The van der Waals surface area contributed by atoms with E-state index in [1.165, 1.54) is 0 Å². The fraction of sp³-hybridized carbons (Fsp3) is 0.0500. The lowest BCUT2D eigenvalue weighted by molar-refractivity contribution is 0.282. The summed E-state index contributed by atoms with van der Waals surface area (Å²) in [5.41, 5.74) is 3.86. The van der Waals surface area contributed by atoms with Crippen molar-refractivity contribution in [3.63, 3.8) is 0 Å². The Balaban J connectivity index is 1.72. The third-order valence-corrected chi connectivity index (χ3v) is 4.06. The van der Waals surface area contributed by atoms with Crippen molar-refractivity contribution >= 4 is 22.8 Å². The van der Waals surface area contributed by atoms with Crippen molar-refractivity contribution in [2.75, 3.05) is 0 Å². The van der Waals surface area contributed by atoms with Gasteiger partial charge in [0.25, 0.3) is 0 Å². The van der Waals surface area contributed by atoms with E-state index < -0.39 is 0 Å². The van der Waals surface area contributed by atoms with Crippen LogP contribution in [0.5, 0.6) is 5.88 Å². The van der Waals surface area contributed by atoms with Gasteiger partial charge in [-0.05, 0) is 35.9 Å². The average molecular weight is 332 g/mol. The lowest BCUT2D eigenvalue weighted by atomic mass is 10.1. The Hall–Kier alpha value is -3.31. The molecule has 2 aromatic heterocycles. The Bertz CT molecular complexity index is 1050. The highest BCUT2D eigenvalue weighted by Crippen LogP contribution is 2.30. The number of aliphatic hydroxyl groups excluding tert-OH is 1. The van der Waals surface area contributed by atoms with E-state index in [4.69, 9.17) is 4.42 Å². The number of fused-ring (bicyclic) bond motifs is 1. The third-order valence-electron chi connectivity index (χ3n) is 4.06. The van der Waals surface area contributed by atoms with Crippen LogP contribution in [0, 0.1) is 0 Å². The number of hydrogen-bond donors (Lipinski definition) is 3. The van der Waals surface area contributed by atoms with Crippen LogP contribution in [0.4, 0.5) is 5.69 Å². The molecule has 2 aromatic carbocycles. The molecule has 4 rings (SSSR count). The van der Waals surface area contributed by atoms with Gasteiger partial charge in [-0.3, -0.25) is 4.99 Å². The fourth-order valence-electron chi connectivity index (χ4n) is 2.81. The van der Waals surface area contributed by atoms with Gasteiger partial charge in [0, 0.05) is 22.7 Å². The number of hydrogen-bond acceptors (Lipinski definition) is 4. The molecule has 3 N–H and O–H groups in total. The molecule has 0 unspecified atom stereocenters. The number of nitrogens with one attached hydrogen (secondary N) is 1. The number of furan rings is 1. The molecule has 124 valence electrons. The Kier molecular flexibility index (Phi) is 3.84. The molecule has 0 aliphatic carbocycles. The Morgan fingerprint density at radius 1 is 1.08 bits per heavy atom. The van der Waals surface area contributed by atoms with Crippen LogP contribution < -0.4 is 0 Å². The van der Waals surface area contributed by atoms with Gasteiger partial charge in [-0.15, -0.1) is 0 Å². The van der Waals surface area contributed by atoms with Crippen LogP contribution in [0.1, 0.15) is 11.1 Å². The number of H-pyrrole nitrogens is 1. The zero-order valence-corrected chi connectivity index (χ0v) is 13.3. The van der Waals surface area contributed by atoms with Gasteiger partial charge in [0.05, 0.1) is 24.1 Å². The molecule has 0 saturated heterocycles. The van der Waals surface area contributed by atoms with Crippen LogP contribution in [-0.2, 0) is 6.61 Å². The van der Waals surface area contributed by atoms with E-state index in [-0.39, 0.29) is 12.5 Å². The first kappa shape index (κ1) is 15.2. The van der Waals surface area contributed by atoms with E-state index in [2.05, 4.69) is 9.98 Å². The third kappa shape index (κ3) is 2.93. The van der Waals surface area contributed by atoms with Crippen LogP contribution in [0.3, 0.4) is 0 Å². The van der Waals surface area contributed by atoms with Gasteiger partial charge in [-0.25, -0.2) is 0 Å². The first-order chi connectivity index (χ1) is 12.2. The topological polar surface area (TPSA) is 81.8 Å². The van der Waals surface area contributed by atoms with Gasteiger partial charge in [0.1, 0.15) is 5.76 Å². The summed E-state index contributed by atoms with van der Waals surface area (Å²) in [5, 5.41) is 20.3. The van der Waals surface area contributed by atoms with Crippen molar-refractivity contribution in [1.82, 2.24) is 4.98 Å². The molecule has 0 saturated carbocycles. The van der Waals surface area contributed by atoms with Crippen LogP contribution >= 0.6 is 0 Å². The van der Waals surface area contributed by atoms with Crippen LogP contribution in [-0.4, -0.2) is 21.4 Å². The number of rotatable bonds is 4. The average Bonchev–Trinajstić information content (AvgIpc) is 3.27. The number of aromatic nitrogens is 1. The van der Waals surface area contributed by atoms with Crippen molar-refractivity contribution in [2.45, 2.75) is 6.61 Å². The van der Waals surface area contributed by atoms with E-state index >= 15 is 0 Å². The SMILES string of the molecule is OCc1cccc(N=Cc2c(O)[nH]c3cc(-c4ccco4)ccc23)c1. The van der Waals surface area contributed by atoms with E-state index in [1.807, 2.05) is 48.5 Å². The Labute approximate surface area is 143 Å². The number of nitrogens with zero attached hydrogens (tertiary/aromatic N) is 1. The van der Waals surface area contributed by atoms with Gasteiger partial charge in [-0.1, -0.05) is 24.3 Å². The summed E-state index contributed by atoms with van der Waals surface area (Å²) < 4.78 is 5.41. The maximum Gasteiger partial charge on any atom is 0.198 e. The molecule has 0 aliphatic rings. The standard InChI is InChI=1S/C20H16N2O3/c23-12-13-3-1-4-15(9-13)21-11-17-16-7-6-14(19-5-2-8-25-19)10-18(16)22-20(17)24/h1-11,22-24H,12H2. The second-order valence-corrected chi connectivity index (χ2v) is 5.71. The highest BCUT2D eigenvalue weighted by Gasteiger charge is 2.11. The molecular formula is C20H16N2O3. The molecular weight excluding hydrogens is 316 g/mol.